The zero-order chi connectivity index (χ0) is 8.39. The Balaban J connectivity index is 2.13. The quantitative estimate of drug-likeness (QED) is 0.780. The number of halogens is 1. The van der Waals surface area contributed by atoms with Crippen LogP contribution in [0.25, 0.3) is 0 Å². The van der Waals surface area contributed by atoms with Crippen molar-refractivity contribution in [2.45, 2.75) is 18.9 Å². The van der Waals surface area contributed by atoms with Gasteiger partial charge in [-0.25, -0.2) is 0 Å². The average Bonchev–Trinajstić information content (AvgIpc) is 2.53. The van der Waals surface area contributed by atoms with E-state index in [0.717, 1.165) is 6.54 Å². The van der Waals surface area contributed by atoms with Crippen LogP contribution in [0, 0.1) is 0 Å². The first-order valence-corrected chi connectivity index (χ1v) is 5.20. The van der Waals surface area contributed by atoms with Crippen molar-refractivity contribution in [1.82, 2.24) is 9.88 Å². The molecule has 2 nitrogen and oxygen atoms in total. The van der Waals surface area contributed by atoms with Crippen molar-refractivity contribution < 1.29 is 0 Å². The van der Waals surface area contributed by atoms with Crippen LogP contribution in [0.15, 0.2) is 22.9 Å². The number of rotatable bonds is 1. The molecule has 0 radical (unpaired) electrons. The smallest absolute Gasteiger partial charge is 0.0849 e. The van der Waals surface area contributed by atoms with Gasteiger partial charge in [0.05, 0.1) is 4.60 Å². The molecular formula is C9H13BrN2. The van der Waals surface area contributed by atoms with Crippen LogP contribution in [-0.4, -0.2) is 17.7 Å². The number of aromatic nitrogens is 1. The fourth-order valence-electron chi connectivity index (χ4n) is 1.74. The van der Waals surface area contributed by atoms with E-state index in [-0.39, 0.29) is 0 Å². The average molecular weight is 229 g/mol. The molecule has 1 aromatic heterocycles. The molecule has 1 N–H and O–H groups in total. The van der Waals surface area contributed by atoms with Gasteiger partial charge in [0.25, 0.3) is 0 Å². The fraction of sp³-hybridized carbons (Fsp3) is 0.556. The van der Waals surface area contributed by atoms with E-state index in [1.54, 1.807) is 0 Å². The van der Waals surface area contributed by atoms with E-state index in [1.807, 2.05) is 0 Å². The van der Waals surface area contributed by atoms with Gasteiger partial charge in [-0.1, -0.05) is 0 Å². The summed E-state index contributed by atoms with van der Waals surface area (Å²) in [4.78, 5) is 0. The number of hydrogen-bond donors (Lipinski definition) is 1. The molecule has 1 aliphatic rings. The molecule has 12 heavy (non-hydrogen) atoms. The van der Waals surface area contributed by atoms with Crippen LogP contribution in [0.3, 0.4) is 0 Å². The summed E-state index contributed by atoms with van der Waals surface area (Å²) in [7, 11) is 0. The Hall–Kier alpha value is -0.280. The lowest BCUT2D eigenvalue weighted by atomic mass is 10.1. The van der Waals surface area contributed by atoms with E-state index < -0.39 is 0 Å². The minimum Gasteiger partial charge on any atom is -0.338 e. The molecule has 0 aliphatic carbocycles. The number of nitrogens with zero attached hydrogens (tertiary/aromatic N) is 1. The van der Waals surface area contributed by atoms with E-state index in [1.165, 1.54) is 24.0 Å². The number of nitrogens with one attached hydrogen (secondary N) is 1. The zero-order valence-electron chi connectivity index (χ0n) is 6.96. The van der Waals surface area contributed by atoms with E-state index >= 15 is 0 Å². The standard InChI is InChI=1S/C9H13BrN2/c10-9-4-2-6-12(9)8-3-1-5-11-7-8/h2,4,6,8,11H,1,3,5,7H2/t8-/m1/s1. The molecule has 0 amide bonds. The summed E-state index contributed by atoms with van der Waals surface area (Å²) < 4.78 is 3.49. The summed E-state index contributed by atoms with van der Waals surface area (Å²) in [6.07, 6.45) is 4.72. The van der Waals surface area contributed by atoms with Crippen molar-refractivity contribution in [3.05, 3.63) is 22.9 Å². The van der Waals surface area contributed by atoms with Gasteiger partial charge in [-0.05, 0) is 47.4 Å². The summed E-state index contributed by atoms with van der Waals surface area (Å²) in [5, 5.41) is 3.41. The summed E-state index contributed by atoms with van der Waals surface area (Å²) in [5.41, 5.74) is 0. The maximum absolute atomic E-state index is 3.54. The highest BCUT2D eigenvalue weighted by atomic mass is 79.9. The second-order valence-corrected chi connectivity index (χ2v) is 4.05. The molecular weight excluding hydrogens is 216 g/mol. The first kappa shape index (κ1) is 8.32. The molecule has 1 aromatic rings. The molecule has 0 bridgehead atoms. The molecule has 2 rings (SSSR count). The van der Waals surface area contributed by atoms with E-state index in [9.17, 15) is 0 Å². The largest absolute Gasteiger partial charge is 0.338 e. The van der Waals surface area contributed by atoms with Gasteiger partial charge < -0.3 is 9.88 Å². The third-order valence-electron chi connectivity index (χ3n) is 2.39. The normalized spacial score (nSPS) is 24.2. The van der Waals surface area contributed by atoms with Gasteiger partial charge in [-0.15, -0.1) is 0 Å². The summed E-state index contributed by atoms with van der Waals surface area (Å²) >= 11 is 3.54. The molecule has 1 saturated heterocycles. The van der Waals surface area contributed by atoms with Gasteiger partial charge in [0.15, 0.2) is 0 Å². The summed E-state index contributed by atoms with van der Waals surface area (Å²) in [6.45, 7) is 2.28. The number of piperidine rings is 1. The van der Waals surface area contributed by atoms with Crippen LogP contribution in [0.1, 0.15) is 18.9 Å². The summed E-state index contributed by atoms with van der Waals surface area (Å²) in [6, 6.07) is 4.82. The molecule has 2 heterocycles. The third kappa shape index (κ3) is 1.57. The van der Waals surface area contributed by atoms with Crippen LogP contribution in [-0.2, 0) is 0 Å². The first-order chi connectivity index (χ1) is 5.88. The predicted octanol–water partition coefficient (Wildman–Crippen LogP) is 2.18. The fourth-order valence-corrected chi connectivity index (χ4v) is 2.30. The Bertz CT molecular complexity index is 251. The second-order valence-electron chi connectivity index (χ2n) is 3.24. The molecule has 0 spiro atoms. The monoisotopic (exact) mass is 228 g/mol. The molecule has 3 heteroatoms. The molecule has 0 saturated carbocycles. The van der Waals surface area contributed by atoms with Crippen LogP contribution in [0.2, 0.25) is 0 Å². The highest BCUT2D eigenvalue weighted by Gasteiger charge is 2.15. The Labute approximate surface area is 81.1 Å². The molecule has 0 unspecified atom stereocenters. The van der Waals surface area contributed by atoms with Crippen molar-refractivity contribution in [1.29, 1.82) is 0 Å². The van der Waals surface area contributed by atoms with Crippen LogP contribution < -0.4 is 5.32 Å². The van der Waals surface area contributed by atoms with Crippen molar-refractivity contribution in [2.24, 2.45) is 0 Å². The molecule has 1 aliphatic heterocycles. The zero-order valence-corrected chi connectivity index (χ0v) is 8.55. The molecule has 0 aromatic carbocycles. The SMILES string of the molecule is Brc1cccn1[C@@H]1CCCNC1. The minimum absolute atomic E-state index is 0.642. The first-order valence-electron chi connectivity index (χ1n) is 4.41. The molecule has 1 fully saturated rings. The topological polar surface area (TPSA) is 17.0 Å². The van der Waals surface area contributed by atoms with E-state index in [4.69, 9.17) is 0 Å². The minimum atomic E-state index is 0.642. The highest BCUT2D eigenvalue weighted by Crippen LogP contribution is 2.22. The molecule has 66 valence electrons. The van der Waals surface area contributed by atoms with Gasteiger partial charge in [0, 0.05) is 18.8 Å². The third-order valence-corrected chi connectivity index (χ3v) is 3.07. The predicted molar refractivity (Wildman–Crippen MR) is 53.3 cm³/mol. The second kappa shape index (κ2) is 3.62. The van der Waals surface area contributed by atoms with Crippen molar-refractivity contribution in [3.8, 4) is 0 Å². The Morgan fingerprint density at radius 2 is 2.50 bits per heavy atom. The maximum atomic E-state index is 3.54. The lowest BCUT2D eigenvalue weighted by Gasteiger charge is -2.25. The lowest BCUT2D eigenvalue weighted by Crippen LogP contribution is -2.31. The van der Waals surface area contributed by atoms with E-state index in [2.05, 4.69) is 44.1 Å². The lowest BCUT2D eigenvalue weighted by molar-refractivity contribution is 0.368. The molecule has 1 atom stereocenters. The van der Waals surface area contributed by atoms with Crippen LogP contribution in [0.4, 0.5) is 0 Å². The Morgan fingerprint density at radius 1 is 1.58 bits per heavy atom. The maximum Gasteiger partial charge on any atom is 0.0849 e. The number of hydrogen-bond acceptors (Lipinski definition) is 1. The highest BCUT2D eigenvalue weighted by molar-refractivity contribution is 9.10. The van der Waals surface area contributed by atoms with E-state index in [0.29, 0.717) is 6.04 Å². The van der Waals surface area contributed by atoms with Crippen molar-refractivity contribution in [3.63, 3.8) is 0 Å². The van der Waals surface area contributed by atoms with Gasteiger partial charge >= 0.3 is 0 Å². The summed E-state index contributed by atoms with van der Waals surface area (Å²) in [5.74, 6) is 0. The van der Waals surface area contributed by atoms with Crippen LogP contribution in [0.5, 0.6) is 0 Å². The van der Waals surface area contributed by atoms with Gasteiger partial charge in [-0.3, -0.25) is 0 Å². The Kier molecular flexibility index (Phi) is 2.51. The van der Waals surface area contributed by atoms with Gasteiger partial charge in [0.1, 0.15) is 0 Å². The van der Waals surface area contributed by atoms with Gasteiger partial charge in [-0.2, -0.15) is 0 Å². The van der Waals surface area contributed by atoms with Gasteiger partial charge in [0.2, 0.25) is 0 Å². The van der Waals surface area contributed by atoms with Crippen molar-refractivity contribution >= 4 is 15.9 Å². The van der Waals surface area contributed by atoms with Crippen LogP contribution >= 0.6 is 15.9 Å². The Morgan fingerprint density at radius 3 is 3.08 bits per heavy atom. The van der Waals surface area contributed by atoms with Crippen molar-refractivity contribution in [2.75, 3.05) is 13.1 Å².